The van der Waals surface area contributed by atoms with E-state index in [9.17, 15) is 9.59 Å². The summed E-state index contributed by atoms with van der Waals surface area (Å²) in [6.45, 7) is 17.6. The number of rotatable bonds is 9. The first-order valence-electron chi connectivity index (χ1n) is 11.2. The van der Waals surface area contributed by atoms with Crippen LogP contribution < -0.4 is 0 Å². The average molecular weight is 419 g/mol. The molecule has 0 aliphatic heterocycles. The Bertz CT molecular complexity index is 677. The largest absolute Gasteiger partial charge is 0.460 e. The highest BCUT2D eigenvalue weighted by Crippen LogP contribution is 2.28. The van der Waals surface area contributed by atoms with Crippen LogP contribution in [0.1, 0.15) is 90.8 Å². The number of hydrogen-bond acceptors (Lipinski definition) is 4. The van der Waals surface area contributed by atoms with Crippen molar-refractivity contribution in [2.75, 3.05) is 0 Å². The zero-order valence-electron chi connectivity index (χ0n) is 20.6. The van der Waals surface area contributed by atoms with Gasteiger partial charge >= 0.3 is 11.9 Å². The summed E-state index contributed by atoms with van der Waals surface area (Å²) in [6, 6.07) is 6.56. The predicted molar refractivity (Wildman–Crippen MR) is 122 cm³/mol. The normalized spacial score (nSPS) is 13.3. The van der Waals surface area contributed by atoms with E-state index in [1.807, 2.05) is 41.5 Å². The smallest absolute Gasteiger partial charge is 0.306 e. The molecule has 1 aromatic carbocycles. The van der Waals surface area contributed by atoms with Crippen molar-refractivity contribution in [1.82, 2.24) is 0 Å². The highest BCUT2D eigenvalue weighted by molar-refractivity contribution is 5.73. The van der Waals surface area contributed by atoms with E-state index in [1.54, 1.807) is 0 Å². The molecule has 170 valence electrons. The first kappa shape index (κ1) is 26.2. The molecule has 0 saturated heterocycles. The Kier molecular flexibility index (Phi) is 9.58. The molecule has 0 saturated carbocycles. The molecule has 4 heteroatoms. The third kappa shape index (κ3) is 10.8. The summed E-state index contributed by atoms with van der Waals surface area (Å²) in [7, 11) is 0. The van der Waals surface area contributed by atoms with E-state index in [0.29, 0.717) is 0 Å². The van der Waals surface area contributed by atoms with Crippen LogP contribution in [0.3, 0.4) is 0 Å². The van der Waals surface area contributed by atoms with Crippen molar-refractivity contribution in [2.24, 2.45) is 11.8 Å². The van der Waals surface area contributed by atoms with E-state index < -0.39 is 11.2 Å². The van der Waals surface area contributed by atoms with E-state index in [-0.39, 0.29) is 36.6 Å². The van der Waals surface area contributed by atoms with Crippen LogP contribution in [0.2, 0.25) is 0 Å². The van der Waals surface area contributed by atoms with Gasteiger partial charge in [-0.05, 0) is 91.2 Å². The summed E-state index contributed by atoms with van der Waals surface area (Å²) in [6.07, 6.45) is 3.44. The van der Waals surface area contributed by atoms with Gasteiger partial charge in [0.15, 0.2) is 0 Å². The van der Waals surface area contributed by atoms with Gasteiger partial charge in [-0.1, -0.05) is 37.1 Å². The maximum Gasteiger partial charge on any atom is 0.306 e. The minimum atomic E-state index is -0.528. The van der Waals surface area contributed by atoms with Crippen LogP contribution in [0.15, 0.2) is 18.2 Å². The molecule has 1 atom stereocenters. The zero-order chi connectivity index (χ0) is 23.1. The monoisotopic (exact) mass is 418 g/mol. The first-order valence-corrected chi connectivity index (χ1v) is 11.2. The highest BCUT2D eigenvalue weighted by Gasteiger charge is 2.28. The topological polar surface area (TPSA) is 52.6 Å². The molecule has 0 heterocycles. The summed E-state index contributed by atoms with van der Waals surface area (Å²) in [4.78, 5) is 24.9. The summed E-state index contributed by atoms with van der Waals surface area (Å²) in [5.74, 6) is -0.377. The molecule has 1 rings (SSSR count). The molecule has 1 aromatic rings. The van der Waals surface area contributed by atoms with Crippen LogP contribution in [0.5, 0.6) is 0 Å². The fraction of sp³-hybridized carbons (Fsp3) is 0.692. The van der Waals surface area contributed by atoms with E-state index in [1.165, 1.54) is 16.7 Å². The number of hydrogen-bond donors (Lipinski definition) is 0. The molecule has 0 amide bonds. The van der Waals surface area contributed by atoms with Crippen molar-refractivity contribution in [3.05, 3.63) is 34.9 Å². The SMILES string of the molecule is Cc1ccc(C)c(CCCC(C)C(CC(=O)OC(C)(C)C)CC(=O)OC(C)(C)C)c1. The summed E-state index contributed by atoms with van der Waals surface area (Å²) >= 11 is 0. The number of ether oxygens (including phenoxy) is 2. The van der Waals surface area contributed by atoms with Crippen LogP contribution in [-0.4, -0.2) is 23.1 Å². The van der Waals surface area contributed by atoms with Gasteiger partial charge < -0.3 is 9.47 Å². The van der Waals surface area contributed by atoms with Crippen LogP contribution in [-0.2, 0) is 25.5 Å². The average Bonchev–Trinajstić information content (AvgIpc) is 2.53. The van der Waals surface area contributed by atoms with Crippen molar-refractivity contribution in [2.45, 2.75) is 106 Å². The Morgan fingerprint density at radius 3 is 1.87 bits per heavy atom. The van der Waals surface area contributed by atoms with Crippen LogP contribution in [0.25, 0.3) is 0 Å². The molecule has 0 spiro atoms. The second-order valence-electron chi connectivity index (χ2n) is 10.6. The molecule has 0 aliphatic carbocycles. The lowest BCUT2D eigenvalue weighted by atomic mass is 9.84. The summed E-state index contributed by atoms with van der Waals surface area (Å²) in [5, 5.41) is 0. The van der Waals surface area contributed by atoms with Gasteiger partial charge in [0.1, 0.15) is 11.2 Å². The van der Waals surface area contributed by atoms with E-state index in [0.717, 1.165) is 19.3 Å². The van der Waals surface area contributed by atoms with Gasteiger partial charge in [-0.2, -0.15) is 0 Å². The Labute approximate surface area is 183 Å². The number of aryl methyl sites for hydroxylation is 3. The summed E-state index contributed by atoms with van der Waals surface area (Å²) in [5.41, 5.74) is 2.90. The molecule has 0 aliphatic rings. The maximum absolute atomic E-state index is 12.4. The minimum Gasteiger partial charge on any atom is -0.460 e. The van der Waals surface area contributed by atoms with Crippen molar-refractivity contribution in [1.29, 1.82) is 0 Å². The molecule has 1 unspecified atom stereocenters. The Hall–Kier alpha value is -1.84. The number of carbonyl (C=O) groups is 2. The Morgan fingerprint density at radius 1 is 0.900 bits per heavy atom. The van der Waals surface area contributed by atoms with Crippen LogP contribution in [0, 0.1) is 25.7 Å². The number of benzene rings is 1. The molecule has 0 radical (unpaired) electrons. The lowest BCUT2D eigenvalue weighted by Gasteiger charge is -2.27. The molecule has 4 nitrogen and oxygen atoms in total. The van der Waals surface area contributed by atoms with Crippen molar-refractivity contribution < 1.29 is 19.1 Å². The molecule has 30 heavy (non-hydrogen) atoms. The molecule has 0 bridgehead atoms. The van der Waals surface area contributed by atoms with Gasteiger partial charge in [0.2, 0.25) is 0 Å². The second-order valence-corrected chi connectivity index (χ2v) is 10.6. The minimum absolute atomic E-state index is 0.0895. The van der Waals surface area contributed by atoms with E-state index >= 15 is 0 Å². The van der Waals surface area contributed by atoms with Gasteiger partial charge in [-0.15, -0.1) is 0 Å². The molecular weight excluding hydrogens is 376 g/mol. The maximum atomic E-state index is 12.4. The van der Waals surface area contributed by atoms with Gasteiger partial charge in [-0.25, -0.2) is 0 Å². The molecule has 0 aromatic heterocycles. The van der Waals surface area contributed by atoms with Gasteiger partial charge in [0.05, 0.1) is 0 Å². The van der Waals surface area contributed by atoms with Crippen molar-refractivity contribution in [3.8, 4) is 0 Å². The van der Waals surface area contributed by atoms with Crippen LogP contribution >= 0.6 is 0 Å². The lowest BCUT2D eigenvalue weighted by Crippen LogP contribution is -2.30. The predicted octanol–water partition coefficient (Wildman–Crippen LogP) is 6.34. The highest BCUT2D eigenvalue weighted by atomic mass is 16.6. The molecular formula is C26H42O4. The van der Waals surface area contributed by atoms with Crippen molar-refractivity contribution in [3.63, 3.8) is 0 Å². The van der Waals surface area contributed by atoms with Gasteiger partial charge in [0, 0.05) is 12.8 Å². The standard InChI is InChI=1S/C26H42O4/c1-18-13-14-20(3)21(15-18)12-10-11-19(2)22(16-23(27)29-25(4,5)6)17-24(28)30-26(7,8)9/h13-15,19,22H,10-12,16-17H2,1-9H3. The molecule has 0 fully saturated rings. The van der Waals surface area contributed by atoms with E-state index in [4.69, 9.17) is 9.47 Å². The zero-order valence-corrected chi connectivity index (χ0v) is 20.6. The quantitative estimate of drug-likeness (QED) is 0.439. The first-order chi connectivity index (χ1) is 13.7. The van der Waals surface area contributed by atoms with Gasteiger partial charge in [-0.3, -0.25) is 9.59 Å². The Morgan fingerprint density at radius 2 is 1.40 bits per heavy atom. The second kappa shape index (κ2) is 11.0. The third-order valence-corrected chi connectivity index (χ3v) is 5.11. The third-order valence-electron chi connectivity index (χ3n) is 5.11. The molecule has 0 N–H and O–H groups in total. The number of esters is 2. The van der Waals surface area contributed by atoms with Crippen molar-refractivity contribution >= 4 is 11.9 Å². The van der Waals surface area contributed by atoms with Gasteiger partial charge in [0.25, 0.3) is 0 Å². The van der Waals surface area contributed by atoms with E-state index in [2.05, 4.69) is 39.0 Å². The van der Waals surface area contributed by atoms with Crippen LogP contribution in [0.4, 0.5) is 0 Å². The Balaban J connectivity index is 2.76. The fourth-order valence-corrected chi connectivity index (χ4v) is 3.59. The summed E-state index contributed by atoms with van der Waals surface area (Å²) < 4.78 is 11.0. The number of carbonyl (C=O) groups excluding carboxylic acids is 2. The lowest BCUT2D eigenvalue weighted by molar-refractivity contribution is -0.159. The fourth-order valence-electron chi connectivity index (χ4n) is 3.59.